The number of aromatic amines is 1. The van der Waals surface area contributed by atoms with Crippen LogP contribution in [0.15, 0.2) is 53.1 Å². The first-order valence-corrected chi connectivity index (χ1v) is 11.3. The van der Waals surface area contributed by atoms with Gasteiger partial charge in [-0.05, 0) is 57.0 Å². The van der Waals surface area contributed by atoms with Crippen molar-refractivity contribution in [2.45, 2.75) is 39.7 Å². The van der Waals surface area contributed by atoms with Gasteiger partial charge in [0.2, 0.25) is 11.8 Å². The van der Waals surface area contributed by atoms with Crippen LogP contribution < -0.4 is 10.9 Å². The summed E-state index contributed by atoms with van der Waals surface area (Å²) in [5, 5.41) is 3.07. The average Bonchev–Trinajstić information content (AvgIpc) is 3.22. The standard InChI is InChI=1S/C26H30FN5O3/c1-17(2)13-22-25-19(20(27)15-28-22)14-18(29-25)16-32-12-8-9-21(26(32)35)30-23(33)10-6-5-7-11-24(34)31(3)4/h7-9,11-15,29H,5-6,10,16H2,1-4H3,(H,30,33)/b11-7+. The van der Waals surface area contributed by atoms with E-state index in [0.29, 0.717) is 35.1 Å². The van der Waals surface area contributed by atoms with Crippen LogP contribution >= 0.6 is 0 Å². The Balaban J connectivity index is 1.69. The highest BCUT2D eigenvalue weighted by Crippen LogP contribution is 2.23. The van der Waals surface area contributed by atoms with Crippen LogP contribution in [0.25, 0.3) is 17.0 Å². The third-order valence-electron chi connectivity index (χ3n) is 5.24. The number of nitrogens with one attached hydrogen (secondary N) is 2. The number of hydrogen-bond donors (Lipinski definition) is 2. The van der Waals surface area contributed by atoms with Gasteiger partial charge in [-0.25, -0.2) is 4.39 Å². The second kappa shape index (κ2) is 11.4. The minimum atomic E-state index is -0.442. The van der Waals surface area contributed by atoms with Gasteiger partial charge in [-0.15, -0.1) is 0 Å². The molecule has 0 aliphatic carbocycles. The summed E-state index contributed by atoms with van der Waals surface area (Å²) in [4.78, 5) is 45.5. The summed E-state index contributed by atoms with van der Waals surface area (Å²) < 4.78 is 15.8. The number of halogens is 1. The third-order valence-corrected chi connectivity index (χ3v) is 5.24. The second-order valence-electron chi connectivity index (χ2n) is 8.73. The number of aromatic nitrogens is 3. The monoisotopic (exact) mass is 479 g/mol. The Morgan fingerprint density at radius 2 is 2.06 bits per heavy atom. The lowest BCUT2D eigenvalue weighted by Gasteiger charge is -2.08. The van der Waals surface area contributed by atoms with Crippen LogP contribution in [0, 0.1) is 5.82 Å². The molecule has 9 heteroatoms. The predicted octanol–water partition coefficient (Wildman–Crippen LogP) is 4.09. The van der Waals surface area contributed by atoms with E-state index >= 15 is 0 Å². The average molecular weight is 480 g/mol. The smallest absolute Gasteiger partial charge is 0.274 e. The number of pyridine rings is 2. The lowest BCUT2D eigenvalue weighted by molar-refractivity contribution is -0.123. The first kappa shape index (κ1) is 25.6. The van der Waals surface area contributed by atoms with Crippen LogP contribution in [0.5, 0.6) is 0 Å². The first-order valence-electron chi connectivity index (χ1n) is 11.3. The number of rotatable bonds is 9. The molecule has 0 aliphatic heterocycles. The van der Waals surface area contributed by atoms with Crippen LogP contribution in [0.1, 0.15) is 44.5 Å². The summed E-state index contributed by atoms with van der Waals surface area (Å²) in [6.45, 7) is 4.04. The molecule has 0 fully saturated rings. The van der Waals surface area contributed by atoms with E-state index in [0.717, 1.165) is 5.57 Å². The highest BCUT2D eigenvalue weighted by molar-refractivity contribution is 5.90. The molecule has 0 aromatic carbocycles. The van der Waals surface area contributed by atoms with E-state index in [4.69, 9.17) is 0 Å². The maximum absolute atomic E-state index is 14.3. The largest absolute Gasteiger partial charge is 0.355 e. The van der Waals surface area contributed by atoms with Crippen molar-refractivity contribution in [1.29, 1.82) is 0 Å². The van der Waals surface area contributed by atoms with Gasteiger partial charge in [0.15, 0.2) is 5.82 Å². The highest BCUT2D eigenvalue weighted by Gasteiger charge is 2.13. The molecule has 8 nitrogen and oxygen atoms in total. The molecule has 0 saturated heterocycles. The highest BCUT2D eigenvalue weighted by atomic mass is 19.1. The SMILES string of the molecule is CC(C)=Cc1ncc(F)c2cc(Cn3cccc(NC(=O)CCC/C=C/C(=O)N(C)C)c3=O)[nH]c12. The summed E-state index contributed by atoms with van der Waals surface area (Å²) in [6, 6.07) is 4.89. The number of H-pyrrole nitrogens is 1. The molecule has 184 valence electrons. The Labute approximate surface area is 203 Å². The van der Waals surface area contributed by atoms with Crippen LogP contribution in [0.3, 0.4) is 0 Å². The molecule has 0 spiro atoms. The number of anilines is 1. The van der Waals surface area contributed by atoms with Crippen molar-refractivity contribution in [3.63, 3.8) is 0 Å². The van der Waals surface area contributed by atoms with Gasteiger partial charge >= 0.3 is 0 Å². The number of carbonyl (C=O) groups is 2. The fourth-order valence-corrected chi connectivity index (χ4v) is 3.50. The lowest BCUT2D eigenvalue weighted by atomic mass is 10.2. The molecular formula is C26H30FN5O3. The Kier molecular flexibility index (Phi) is 8.35. The van der Waals surface area contributed by atoms with Crippen LogP contribution in [-0.2, 0) is 16.1 Å². The van der Waals surface area contributed by atoms with E-state index in [1.54, 1.807) is 44.6 Å². The number of unbranched alkanes of at least 4 members (excludes halogenated alkanes) is 1. The molecule has 35 heavy (non-hydrogen) atoms. The van der Waals surface area contributed by atoms with Gasteiger partial charge in [0, 0.05) is 37.8 Å². The van der Waals surface area contributed by atoms with Gasteiger partial charge in [-0.2, -0.15) is 0 Å². The van der Waals surface area contributed by atoms with E-state index in [-0.39, 0.29) is 36.0 Å². The van der Waals surface area contributed by atoms with Gasteiger partial charge in [-0.1, -0.05) is 11.6 Å². The molecule has 0 unspecified atom stereocenters. The number of hydrogen-bond acceptors (Lipinski definition) is 4. The van der Waals surface area contributed by atoms with Crippen molar-refractivity contribution in [3.05, 3.63) is 75.9 Å². The molecule has 3 rings (SSSR count). The van der Waals surface area contributed by atoms with E-state index in [2.05, 4.69) is 15.3 Å². The van der Waals surface area contributed by atoms with Gasteiger partial charge < -0.3 is 19.8 Å². The molecule has 0 saturated carbocycles. The van der Waals surface area contributed by atoms with Crippen molar-refractivity contribution in [2.75, 3.05) is 19.4 Å². The number of allylic oxidation sites excluding steroid dienone is 2. The molecular weight excluding hydrogens is 449 g/mol. The Bertz CT molecular complexity index is 1350. The fourth-order valence-electron chi connectivity index (χ4n) is 3.50. The van der Waals surface area contributed by atoms with Crippen LogP contribution in [0.4, 0.5) is 10.1 Å². The van der Waals surface area contributed by atoms with Crippen molar-refractivity contribution in [3.8, 4) is 0 Å². The van der Waals surface area contributed by atoms with Gasteiger partial charge in [0.05, 0.1) is 24.0 Å². The number of likely N-dealkylation sites (N-methyl/N-ethyl adjacent to an activating group) is 1. The normalized spacial score (nSPS) is 11.1. The van der Waals surface area contributed by atoms with Crippen LogP contribution in [0.2, 0.25) is 0 Å². The van der Waals surface area contributed by atoms with E-state index in [1.807, 2.05) is 19.9 Å². The molecule has 2 N–H and O–H groups in total. The summed E-state index contributed by atoms with van der Waals surface area (Å²) >= 11 is 0. The number of nitrogens with zero attached hydrogens (tertiary/aromatic N) is 3. The maximum atomic E-state index is 14.3. The molecule has 0 radical (unpaired) electrons. The van der Waals surface area contributed by atoms with Crippen molar-refractivity contribution in [2.24, 2.45) is 0 Å². The molecule has 3 aromatic rings. The minimum absolute atomic E-state index is 0.110. The van der Waals surface area contributed by atoms with Gasteiger partial charge in [-0.3, -0.25) is 19.4 Å². The summed E-state index contributed by atoms with van der Waals surface area (Å²) in [7, 11) is 3.34. The van der Waals surface area contributed by atoms with Gasteiger partial charge in [0.1, 0.15) is 5.69 Å². The second-order valence-corrected chi connectivity index (χ2v) is 8.73. The lowest BCUT2D eigenvalue weighted by Crippen LogP contribution is -2.25. The molecule has 3 aromatic heterocycles. The van der Waals surface area contributed by atoms with Gasteiger partial charge in [0.25, 0.3) is 5.56 Å². The Morgan fingerprint density at radius 1 is 1.29 bits per heavy atom. The molecule has 3 heterocycles. The fraction of sp³-hybridized carbons (Fsp3) is 0.308. The predicted molar refractivity (Wildman–Crippen MR) is 135 cm³/mol. The number of amides is 2. The minimum Gasteiger partial charge on any atom is -0.355 e. The molecule has 0 atom stereocenters. The zero-order chi connectivity index (χ0) is 25.5. The summed E-state index contributed by atoms with van der Waals surface area (Å²) in [5.74, 6) is -0.832. The van der Waals surface area contributed by atoms with Crippen molar-refractivity contribution < 1.29 is 14.0 Å². The van der Waals surface area contributed by atoms with E-state index in [9.17, 15) is 18.8 Å². The Morgan fingerprint density at radius 3 is 2.77 bits per heavy atom. The zero-order valence-corrected chi connectivity index (χ0v) is 20.4. The number of carbonyl (C=O) groups excluding carboxylic acids is 2. The van der Waals surface area contributed by atoms with E-state index in [1.165, 1.54) is 21.7 Å². The van der Waals surface area contributed by atoms with Crippen molar-refractivity contribution in [1.82, 2.24) is 19.4 Å². The molecule has 2 amide bonds. The Hall–Kier alpha value is -4.01. The maximum Gasteiger partial charge on any atom is 0.274 e. The number of fused-ring (bicyclic) bond motifs is 1. The van der Waals surface area contributed by atoms with Crippen molar-refractivity contribution >= 4 is 34.5 Å². The zero-order valence-electron chi connectivity index (χ0n) is 20.4. The summed E-state index contributed by atoms with van der Waals surface area (Å²) in [5.41, 5.74) is 2.67. The topological polar surface area (TPSA) is 100 Å². The van der Waals surface area contributed by atoms with E-state index < -0.39 is 5.82 Å². The molecule has 0 aliphatic rings. The van der Waals surface area contributed by atoms with Crippen LogP contribution in [-0.4, -0.2) is 45.3 Å². The quantitative estimate of drug-likeness (QED) is 0.357. The third kappa shape index (κ3) is 6.75. The summed E-state index contributed by atoms with van der Waals surface area (Å²) in [6.07, 6.45) is 9.21. The molecule has 0 bridgehead atoms. The first-order chi connectivity index (χ1) is 16.7.